The fraction of sp³-hybridized carbons (Fsp3) is 0.455. The lowest BCUT2D eigenvalue weighted by atomic mass is 9.99. The molecule has 2 rings (SSSR count). The molecule has 0 saturated carbocycles. The minimum absolute atomic E-state index is 0.0815. The molecule has 0 amide bonds. The van der Waals surface area contributed by atoms with Crippen LogP contribution >= 0.6 is 0 Å². The van der Waals surface area contributed by atoms with Gasteiger partial charge in [0.2, 0.25) is 0 Å². The second-order valence-electron chi connectivity index (χ2n) is 7.55. The smallest absolute Gasteiger partial charge is 0.161 e. The Morgan fingerprint density at radius 1 is 0.929 bits per heavy atom. The molecule has 0 bridgehead atoms. The lowest BCUT2D eigenvalue weighted by Crippen LogP contribution is -2.36. The van der Waals surface area contributed by atoms with Crippen LogP contribution in [-0.4, -0.2) is 30.3 Å². The normalized spacial score (nSPS) is 13.6. The van der Waals surface area contributed by atoms with Gasteiger partial charge in [-0.2, -0.15) is 0 Å². The number of aryl methyl sites for hydroxylation is 1. The SMILES string of the molecule is COc1ccc(CCC(NS(=O)C(C)(C)C)c2ccc(OC)c(OC)c2)cc1. The number of hydrogen-bond acceptors (Lipinski definition) is 4. The molecule has 0 aliphatic rings. The second kappa shape index (κ2) is 9.94. The summed E-state index contributed by atoms with van der Waals surface area (Å²) in [6, 6.07) is 13.8. The number of methoxy groups -OCH3 is 3. The Labute approximate surface area is 171 Å². The van der Waals surface area contributed by atoms with Crippen molar-refractivity contribution in [3.63, 3.8) is 0 Å². The van der Waals surface area contributed by atoms with Crippen LogP contribution in [0, 0.1) is 0 Å². The van der Waals surface area contributed by atoms with E-state index in [-0.39, 0.29) is 10.8 Å². The van der Waals surface area contributed by atoms with E-state index in [1.165, 1.54) is 5.56 Å². The second-order valence-corrected chi connectivity index (χ2v) is 9.55. The van der Waals surface area contributed by atoms with E-state index in [4.69, 9.17) is 14.2 Å². The van der Waals surface area contributed by atoms with Crippen LogP contribution in [-0.2, 0) is 17.4 Å². The van der Waals surface area contributed by atoms with Gasteiger partial charge in [0.05, 0.1) is 37.1 Å². The van der Waals surface area contributed by atoms with Crippen LogP contribution in [0.2, 0.25) is 0 Å². The van der Waals surface area contributed by atoms with Gasteiger partial charge in [-0.15, -0.1) is 0 Å². The zero-order valence-electron chi connectivity index (χ0n) is 17.6. The van der Waals surface area contributed by atoms with Crippen molar-refractivity contribution in [3.05, 3.63) is 53.6 Å². The Bertz CT molecular complexity index is 784. The Hall–Kier alpha value is -2.05. The maximum absolute atomic E-state index is 12.7. The van der Waals surface area contributed by atoms with Crippen molar-refractivity contribution in [2.45, 2.75) is 44.4 Å². The minimum atomic E-state index is -1.19. The zero-order valence-corrected chi connectivity index (χ0v) is 18.4. The van der Waals surface area contributed by atoms with E-state index in [9.17, 15) is 4.21 Å². The van der Waals surface area contributed by atoms with Gasteiger partial charge in [0.15, 0.2) is 11.5 Å². The van der Waals surface area contributed by atoms with Gasteiger partial charge in [-0.05, 0) is 69.0 Å². The van der Waals surface area contributed by atoms with Crippen LogP contribution in [0.5, 0.6) is 17.2 Å². The third-order valence-electron chi connectivity index (χ3n) is 4.50. The first-order valence-corrected chi connectivity index (χ1v) is 10.5. The summed E-state index contributed by atoms with van der Waals surface area (Å²) in [7, 11) is 3.71. The summed E-state index contributed by atoms with van der Waals surface area (Å²) in [5.74, 6) is 2.18. The Morgan fingerprint density at radius 2 is 1.57 bits per heavy atom. The third kappa shape index (κ3) is 5.97. The predicted molar refractivity (Wildman–Crippen MR) is 115 cm³/mol. The van der Waals surface area contributed by atoms with E-state index in [2.05, 4.69) is 16.9 Å². The Balaban J connectivity index is 2.24. The number of nitrogens with one attached hydrogen (secondary N) is 1. The summed E-state index contributed by atoms with van der Waals surface area (Å²) in [4.78, 5) is 0. The molecule has 2 aromatic rings. The molecule has 0 saturated heterocycles. The first kappa shape index (κ1) is 22.2. The van der Waals surface area contributed by atoms with Crippen molar-refractivity contribution < 1.29 is 18.4 Å². The summed E-state index contributed by atoms with van der Waals surface area (Å²) < 4.78 is 31.7. The summed E-state index contributed by atoms with van der Waals surface area (Å²) in [5.41, 5.74) is 2.22. The highest BCUT2D eigenvalue weighted by molar-refractivity contribution is 7.84. The molecule has 2 atom stereocenters. The van der Waals surface area contributed by atoms with Crippen molar-refractivity contribution in [2.24, 2.45) is 0 Å². The molecule has 5 nitrogen and oxygen atoms in total. The van der Waals surface area contributed by atoms with Gasteiger partial charge in [-0.25, -0.2) is 8.93 Å². The topological polar surface area (TPSA) is 56.8 Å². The molecule has 0 heterocycles. The van der Waals surface area contributed by atoms with E-state index in [1.807, 2.05) is 51.1 Å². The van der Waals surface area contributed by atoms with Crippen molar-refractivity contribution in [3.8, 4) is 17.2 Å². The molecule has 0 aliphatic heterocycles. The van der Waals surface area contributed by atoms with Gasteiger partial charge in [-0.3, -0.25) is 0 Å². The van der Waals surface area contributed by atoms with Crippen LogP contribution in [0.1, 0.15) is 44.4 Å². The molecule has 0 radical (unpaired) electrons. The quantitative estimate of drug-likeness (QED) is 0.670. The highest BCUT2D eigenvalue weighted by Crippen LogP contribution is 2.32. The van der Waals surface area contributed by atoms with Crippen LogP contribution in [0.15, 0.2) is 42.5 Å². The lowest BCUT2D eigenvalue weighted by molar-refractivity contribution is 0.354. The maximum atomic E-state index is 12.7. The van der Waals surface area contributed by atoms with Crippen molar-refractivity contribution in [1.82, 2.24) is 4.72 Å². The zero-order chi connectivity index (χ0) is 20.7. The average molecular weight is 406 g/mol. The first-order chi connectivity index (χ1) is 13.3. The monoisotopic (exact) mass is 405 g/mol. The molecular weight excluding hydrogens is 374 g/mol. The molecule has 0 aliphatic carbocycles. The van der Waals surface area contributed by atoms with Crippen molar-refractivity contribution >= 4 is 11.0 Å². The molecule has 2 aromatic carbocycles. The standard InChI is InChI=1S/C22H31NO4S/c1-22(2,3)28(24)23-19(13-9-16-7-11-18(25-4)12-8-16)17-10-14-20(26-5)21(15-17)27-6/h7-8,10-12,14-15,19,23H,9,13H2,1-6H3. The van der Waals surface area contributed by atoms with Crippen LogP contribution in [0.4, 0.5) is 0 Å². The molecule has 1 N–H and O–H groups in total. The summed E-state index contributed by atoms with van der Waals surface area (Å²) >= 11 is 0. The molecule has 28 heavy (non-hydrogen) atoms. The van der Waals surface area contributed by atoms with E-state index in [0.29, 0.717) is 11.5 Å². The van der Waals surface area contributed by atoms with Gasteiger partial charge >= 0.3 is 0 Å². The fourth-order valence-electron chi connectivity index (χ4n) is 2.77. The van der Waals surface area contributed by atoms with Crippen LogP contribution < -0.4 is 18.9 Å². The number of benzene rings is 2. The van der Waals surface area contributed by atoms with E-state index in [0.717, 1.165) is 24.2 Å². The van der Waals surface area contributed by atoms with Crippen molar-refractivity contribution in [1.29, 1.82) is 0 Å². The largest absolute Gasteiger partial charge is 0.497 e. The van der Waals surface area contributed by atoms with E-state index in [1.54, 1.807) is 21.3 Å². The summed E-state index contributed by atoms with van der Waals surface area (Å²) in [6.07, 6.45) is 1.64. The summed E-state index contributed by atoms with van der Waals surface area (Å²) in [6.45, 7) is 5.89. The Morgan fingerprint density at radius 3 is 2.11 bits per heavy atom. The lowest BCUT2D eigenvalue weighted by Gasteiger charge is -2.25. The Kier molecular flexibility index (Phi) is 7.89. The number of hydrogen-bond donors (Lipinski definition) is 1. The number of ether oxygens (including phenoxy) is 3. The molecule has 6 heteroatoms. The van der Waals surface area contributed by atoms with Gasteiger partial charge in [0.25, 0.3) is 0 Å². The molecule has 0 spiro atoms. The molecule has 0 aromatic heterocycles. The first-order valence-electron chi connectivity index (χ1n) is 9.31. The van der Waals surface area contributed by atoms with Gasteiger partial charge in [0.1, 0.15) is 5.75 Å². The van der Waals surface area contributed by atoms with Gasteiger partial charge < -0.3 is 14.2 Å². The summed E-state index contributed by atoms with van der Waals surface area (Å²) in [5, 5.41) is 0. The molecular formula is C22H31NO4S. The van der Waals surface area contributed by atoms with Crippen molar-refractivity contribution in [2.75, 3.05) is 21.3 Å². The maximum Gasteiger partial charge on any atom is 0.161 e. The van der Waals surface area contributed by atoms with Gasteiger partial charge in [-0.1, -0.05) is 18.2 Å². The third-order valence-corrected chi connectivity index (χ3v) is 6.11. The van der Waals surface area contributed by atoms with Crippen LogP contribution in [0.25, 0.3) is 0 Å². The van der Waals surface area contributed by atoms with E-state index >= 15 is 0 Å². The average Bonchev–Trinajstić information content (AvgIpc) is 2.70. The highest BCUT2D eigenvalue weighted by Gasteiger charge is 2.24. The molecule has 0 fully saturated rings. The highest BCUT2D eigenvalue weighted by atomic mass is 32.2. The fourth-order valence-corrected chi connectivity index (χ4v) is 3.64. The van der Waals surface area contributed by atoms with Gasteiger partial charge in [0, 0.05) is 6.04 Å². The molecule has 154 valence electrons. The molecule has 2 unspecified atom stereocenters. The van der Waals surface area contributed by atoms with Crippen LogP contribution in [0.3, 0.4) is 0 Å². The predicted octanol–water partition coefficient (Wildman–Crippen LogP) is 4.44. The van der Waals surface area contributed by atoms with E-state index < -0.39 is 11.0 Å². The minimum Gasteiger partial charge on any atom is -0.497 e. The number of rotatable bonds is 9.